The Labute approximate surface area is 282 Å². The van der Waals surface area contributed by atoms with Gasteiger partial charge in [-0.3, -0.25) is 9.59 Å². The van der Waals surface area contributed by atoms with Crippen LogP contribution in [0.5, 0.6) is 0 Å². The first kappa shape index (κ1) is 35.3. The summed E-state index contributed by atoms with van der Waals surface area (Å²) >= 11 is 14.6. The number of nitrogens with zero attached hydrogens (tertiary/aromatic N) is 1. The van der Waals surface area contributed by atoms with Gasteiger partial charge < -0.3 is 4.90 Å². The maximum Gasteiger partial charge on any atom is 0.264 e. The van der Waals surface area contributed by atoms with Crippen LogP contribution < -0.4 is 4.72 Å². The smallest absolute Gasteiger partial charge is 0.264 e. The molecule has 1 aliphatic rings. The van der Waals surface area contributed by atoms with Crippen molar-refractivity contribution < 1.29 is 18.0 Å². The molecule has 10 heteroatoms. The number of amides is 2. The van der Waals surface area contributed by atoms with Crippen LogP contribution in [0.2, 0.25) is 10.0 Å². The Hall–Kier alpha value is -2.52. The van der Waals surface area contributed by atoms with Crippen LogP contribution in [0, 0.1) is 18.3 Å². The van der Waals surface area contributed by atoms with E-state index in [9.17, 15) is 18.0 Å². The zero-order chi connectivity index (χ0) is 33.1. The van der Waals surface area contributed by atoms with Gasteiger partial charge >= 0.3 is 0 Å². The predicted octanol–water partition coefficient (Wildman–Crippen LogP) is 8.43. The first-order chi connectivity index (χ1) is 21.1. The number of sulfonamides is 1. The molecule has 1 saturated heterocycles. The van der Waals surface area contributed by atoms with E-state index in [0.717, 1.165) is 16.7 Å². The zero-order valence-corrected chi connectivity index (χ0v) is 29.7. The number of nitrogens with one attached hydrogen (secondary N) is 1. The number of rotatable bonds is 11. The van der Waals surface area contributed by atoms with Gasteiger partial charge in [-0.1, -0.05) is 99.8 Å². The van der Waals surface area contributed by atoms with Gasteiger partial charge in [0.15, 0.2) is 0 Å². The van der Waals surface area contributed by atoms with Gasteiger partial charge in [0.2, 0.25) is 11.8 Å². The summed E-state index contributed by atoms with van der Waals surface area (Å²) in [6.07, 6.45) is 0.0239. The first-order valence-electron chi connectivity index (χ1n) is 15.2. The molecule has 4 atom stereocenters. The maximum atomic E-state index is 14.9. The molecule has 0 spiro atoms. The van der Waals surface area contributed by atoms with Gasteiger partial charge in [-0.15, -0.1) is 0 Å². The zero-order valence-electron chi connectivity index (χ0n) is 26.6. The van der Waals surface area contributed by atoms with Crippen LogP contribution >= 0.6 is 35.0 Å². The molecule has 0 aromatic heterocycles. The molecule has 0 radical (unpaired) electrons. The number of likely N-dealkylation sites (tertiary alicyclic amines) is 1. The Balaban J connectivity index is 1.81. The van der Waals surface area contributed by atoms with Crippen molar-refractivity contribution in [3.05, 3.63) is 99.5 Å². The molecule has 0 saturated carbocycles. The monoisotopic (exact) mass is 688 g/mol. The highest BCUT2D eigenvalue weighted by Crippen LogP contribution is 2.52. The largest absolute Gasteiger partial charge is 0.330 e. The van der Waals surface area contributed by atoms with E-state index >= 15 is 0 Å². The van der Waals surface area contributed by atoms with E-state index in [-0.39, 0.29) is 41.1 Å². The van der Waals surface area contributed by atoms with E-state index in [1.165, 1.54) is 12.1 Å². The highest BCUT2D eigenvalue weighted by molar-refractivity contribution is 7.99. The van der Waals surface area contributed by atoms with Gasteiger partial charge in [-0.05, 0) is 72.0 Å². The third-order valence-electron chi connectivity index (χ3n) is 8.45. The average Bonchev–Trinajstić information content (AvgIpc) is 2.95. The van der Waals surface area contributed by atoms with Crippen LogP contribution in [0.1, 0.15) is 76.1 Å². The molecule has 1 heterocycles. The lowest BCUT2D eigenvalue weighted by atomic mass is 9.66. The lowest BCUT2D eigenvalue weighted by Crippen LogP contribution is -2.58. The predicted molar refractivity (Wildman–Crippen MR) is 185 cm³/mol. The SMILES string of the molecule is Cc1ccc(S(=O)(=O)NC(=O)C[C@@]2(C)C[C@H](c3cccc(Cl)c3)[C@@H](c3ccc(Cl)cc3)N([C@H](CSC(C)C)C(C)C)C2=O)cc1. The van der Waals surface area contributed by atoms with Crippen molar-refractivity contribution in [3.63, 3.8) is 0 Å². The second-order valence-electron chi connectivity index (χ2n) is 12.8. The highest BCUT2D eigenvalue weighted by Gasteiger charge is 2.53. The molecule has 4 rings (SSSR count). The summed E-state index contributed by atoms with van der Waals surface area (Å²) in [5, 5.41) is 1.53. The summed E-state index contributed by atoms with van der Waals surface area (Å²) in [7, 11) is -4.12. The molecular weight excluding hydrogens is 647 g/mol. The highest BCUT2D eigenvalue weighted by atomic mass is 35.5. The number of piperidine rings is 1. The quantitative estimate of drug-likeness (QED) is 0.219. The summed E-state index contributed by atoms with van der Waals surface area (Å²) < 4.78 is 28.5. The third-order valence-corrected chi connectivity index (χ3v) is 11.5. The van der Waals surface area contributed by atoms with E-state index in [2.05, 4.69) is 32.4 Å². The number of hydrogen-bond acceptors (Lipinski definition) is 5. The van der Waals surface area contributed by atoms with Crippen LogP contribution in [0.4, 0.5) is 0 Å². The van der Waals surface area contributed by atoms with Gasteiger partial charge in [0.05, 0.1) is 16.4 Å². The number of carbonyl (C=O) groups is 2. The van der Waals surface area contributed by atoms with E-state index in [0.29, 0.717) is 27.5 Å². The summed E-state index contributed by atoms with van der Waals surface area (Å²) in [4.78, 5) is 30.4. The summed E-state index contributed by atoms with van der Waals surface area (Å²) in [6.45, 7) is 12.1. The average molecular weight is 690 g/mol. The molecule has 0 aliphatic carbocycles. The molecule has 45 heavy (non-hydrogen) atoms. The molecule has 0 unspecified atom stereocenters. The summed E-state index contributed by atoms with van der Waals surface area (Å²) in [6, 6.07) is 21.0. The molecule has 3 aromatic carbocycles. The van der Waals surface area contributed by atoms with Crippen molar-refractivity contribution >= 4 is 56.8 Å². The lowest BCUT2D eigenvalue weighted by molar-refractivity contribution is -0.157. The number of hydrogen-bond donors (Lipinski definition) is 1. The Kier molecular flexibility index (Phi) is 11.4. The van der Waals surface area contributed by atoms with Crippen molar-refractivity contribution in [3.8, 4) is 0 Å². The van der Waals surface area contributed by atoms with Crippen LogP contribution in [0.3, 0.4) is 0 Å². The minimum atomic E-state index is -4.12. The molecule has 1 fully saturated rings. The van der Waals surface area contributed by atoms with Crippen molar-refractivity contribution in [2.24, 2.45) is 11.3 Å². The van der Waals surface area contributed by atoms with Gasteiger partial charge in [-0.25, -0.2) is 13.1 Å². The van der Waals surface area contributed by atoms with Gasteiger partial charge in [0.25, 0.3) is 10.0 Å². The van der Waals surface area contributed by atoms with E-state index < -0.39 is 21.3 Å². The van der Waals surface area contributed by atoms with E-state index in [4.69, 9.17) is 23.2 Å². The molecule has 242 valence electrons. The fraction of sp³-hybridized carbons (Fsp3) is 0.429. The fourth-order valence-corrected chi connectivity index (χ4v) is 8.55. The summed E-state index contributed by atoms with van der Waals surface area (Å²) in [5.74, 6) is -0.324. The molecule has 6 nitrogen and oxygen atoms in total. The van der Waals surface area contributed by atoms with E-state index in [1.807, 2.05) is 60.4 Å². The van der Waals surface area contributed by atoms with Crippen molar-refractivity contribution in [2.45, 2.75) is 82.5 Å². The first-order valence-corrected chi connectivity index (χ1v) is 18.5. The van der Waals surface area contributed by atoms with Crippen molar-refractivity contribution in [2.75, 3.05) is 5.75 Å². The number of aryl methyl sites for hydroxylation is 1. The maximum absolute atomic E-state index is 14.9. The minimum Gasteiger partial charge on any atom is -0.330 e. The Morgan fingerprint density at radius 1 is 0.978 bits per heavy atom. The van der Waals surface area contributed by atoms with Crippen LogP contribution in [-0.4, -0.2) is 42.2 Å². The van der Waals surface area contributed by atoms with Crippen LogP contribution in [0.25, 0.3) is 0 Å². The van der Waals surface area contributed by atoms with Crippen LogP contribution in [0.15, 0.2) is 77.7 Å². The molecule has 2 amide bonds. The van der Waals surface area contributed by atoms with Crippen LogP contribution in [-0.2, 0) is 19.6 Å². The summed E-state index contributed by atoms with van der Waals surface area (Å²) in [5.41, 5.74) is 1.58. The Bertz CT molecular complexity index is 1610. The van der Waals surface area contributed by atoms with Gasteiger partial charge in [-0.2, -0.15) is 11.8 Å². The Morgan fingerprint density at radius 2 is 1.62 bits per heavy atom. The van der Waals surface area contributed by atoms with Crippen molar-refractivity contribution in [1.29, 1.82) is 0 Å². The van der Waals surface area contributed by atoms with Gasteiger partial charge in [0.1, 0.15) is 0 Å². The molecule has 1 aliphatic heterocycles. The second-order valence-corrected chi connectivity index (χ2v) is 17.0. The lowest BCUT2D eigenvalue weighted by Gasteiger charge is -2.53. The van der Waals surface area contributed by atoms with Crippen molar-refractivity contribution in [1.82, 2.24) is 9.62 Å². The Morgan fingerprint density at radius 3 is 2.20 bits per heavy atom. The fourth-order valence-electron chi connectivity index (χ4n) is 6.11. The minimum absolute atomic E-state index is 0.00612. The number of carbonyl (C=O) groups excluding carboxylic acids is 2. The third kappa shape index (κ3) is 8.45. The number of halogens is 2. The van der Waals surface area contributed by atoms with Gasteiger partial charge in [0, 0.05) is 34.2 Å². The molecule has 0 bridgehead atoms. The number of thioether (sulfide) groups is 1. The second kappa shape index (κ2) is 14.5. The molecular formula is C35H42Cl2N2O4S2. The number of benzene rings is 3. The molecule has 3 aromatic rings. The molecule has 1 N–H and O–H groups in total. The standard InChI is InChI=1S/C35H42Cl2N2O4S2/c1-22(2)31(21-44-23(3)4)39-33(25-12-14-27(36)15-13-25)30(26-8-7-9-28(37)18-26)19-35(6,34(39)41)20-32(40)38-45(42,43)29-16-10-24(5)11-17-29/h7-18,22-23,30-31,33H,19-21H2,1-6H3,(H,38,40)/t30-,31-,33-,35-/m1/s1. The normalized spacial score (nSPS) is 21.3. The topological polar surface area (TPSA) is 83.6 Å². The van der Waals surface area contributed by atoms with E-state index in [1.54, 1.807) is 30.8 Å².